The van der Waals surface area contributed by atoms with Crippen LogP contribution < -0.4 is 0 Å². The van der Waals surface area contributed by atoms with E-state index in [1.807, 2.05) is 5.92 Å². The lowest BCUT2D eigenvalue weighted by Crippen LogP contribution is -2.49. The molecule has 0 saturated heterocycles. The van der Waals surface area contributed by atoms with Crippen LogP contribution in [0.2, 0.25) is 0 Å². The van der Waals surface area contributed by atoms with Crippen LogP contribution >= 0.6 is 0 Å². The zero-order valence-corrected chi connectivity index (χ0v) is 4.83. The van der Waals surface area contributed by atoms with Gasteiger partial charge in [0.2, 0.25) is 0 Å². The Balaban J connectivity index is 2.03. The van der Waals surface area contributed by atoms with Crippen molar-refractivity contribution < 1.29 is 0 Å². The number of hydrogen-bond donors (Lipinski definition) is 0. The second kappa shape index (κ2) is 0.888. The topological polar surface area (TPSA) is 0 Å². The number of hydrogen-bond acceptors (Lipinski definition) is 0. The Bertz CT molecular complexity index is 71.2. The monoisotopic (exact) mass is 95.1 g/mol. The fraction of sp³-hybridized carbons (Fsp3) is 0.857. The molecule has 0 heteroatoms. The maximum atomic E-state index is 2.32. The van der Waals surface area contributed by atoms with Crippen molar-refractivity contribution in [3.05, 3.63) is 5.92 Å². The molecule has 0 aromatic rings. The Morgan fingerprint density at radius 2 is 2.00 bits per heavy atom. The highest BCUT2D eigenvalue weighted by Crippen LogP contribution is 2.67. The normalized spacial score (nSPS) is 33.9. The van der Waals surface area contributed by atoms with Gasteiger partial charge < -0.3 is 0 Å². The smallest absolute Gasteiger partial charge is 0.0224 e. The summed E-state index contributed by atoms with van der Waals surface area (Å²) in [5.74, 6) is 1.84. The van der Waals surface area contributed by atoms with Crippen LogP contribution in [-0.2, 0) is 0 Å². The summed E-state index contributed by atoms with van der Waals surface area (Å²) in [5, 5.41) is 0. The van der Waals surface area contributed by atoms with Crippen molar-refractivity contribution in [3.63, 3.8) is 0 Å². The standard InChI is InChI=1S/C7H11/c1-2-7-3-6(4-7)5-7/h2-5H2,1H3. The minimum Gasteiger partial charge on any atom is -0.0649 e. The molecule has 0 aromatic carbocycles. The summed E-state index contributed by atoms with van der Waals surface area (Å²) < 4.78 is 0. The zero-order valence-electron chi connectivity index (χ0n) is 4.83. The van der Waals surface area contributed by atoms with Crippen molar-refractivity contribution in [1.82, 2.24) is 0 Å². The van der Waals surface area contributed by atoms with E-state index in [0.717, 1.165) is 5.41 Å². The van der Waals surface area contributed by atoms with E-state index in [9.17, 15) is 0 Å². The van der Waals surface area contributed by atoms with E-state index in [0.29, 0.717) is 0 Å². The highest BCUT2D eigenvalue weighted by molar-refractivity contribution is 5.25. The molecule has 1 radical (unpaired) electrons. The third-order valence-corrected chi connectivity index (χ3v) is 2.62. The third-order valence-electron chi connectivity index (χ3n) is 2.62. The minimum atomic E-state index is 0.870. The highest BCUT2D eigenvalue weighted by Gasteiger charge is 2.55. The van der Waals surface area contributed by atoms with E-state index in [1.54, 1.807) is 0 Å². The second-order valence-electron chi connectivity index (χ2n) is 3.13. The van der Waals surface area contributed by atoms with Crippen molar-refractivity contribution >= 4 is 0 Å². The van der Waals surface area contributed by atoms with Gasteiger partial charge in [-0.3, -0.25) is 0 Å². The summed E-state index contributed by atoms with van der Waals surface area (Å²) in [6, 6.07) is 0. The van der Waals surface area contributed by atoms with Gasteiger partial charge >= 0.3 is 0 Å². The molecule has 0 amide bonds. The fourth-order valence-electron chi connectivity index (χ4n) is 1.81. The van der Waals surface area contributed by atoms with Gasteiger partial charge in [0, 0.05) is 0 Å². The van der Waals surface area contributed by atoms with E-state index < -0.39 is 0 Å². The van der Waals surface area contributed by atoms with Crippen LogP contribution in [-0.4, -0.2) is 0 Å². The molecule has 0 spiro atoms. The average Bonchev–Trinajstić information content (AvgIpc) is 1.25. The Morgan fingerprint density at radius 1 is 1.43 bits per heavy atom. The van der Waals surface area contributed by atoms with Crippen LogP contribution in [0.15, 0.2) is 0 Å². The van der Waals surface area contributed by atoms with Gasteiger partial charge in [0.05, 0.1) is 0 Å². The van der Waals surface area contributed by atoms with E-state index in [4.69, 9.17) is 0 Å². The molecule has 0 N–H and O–H groups in total. The predicted octanol–water partition coefficient (Wildman–Crippen LogP) is 2.15. The van der Waals surface area contributed by atoms with E-state index in [-0.39, 0.29) is 0 Å². The van der Waals surface area contributed by atoms with Gasteiger partial charge in [0.1, 0.15) is 0 Å². The van der Waals surface area contributed by atoms with E-state index in [2.05, 4.69) is 6.92 Å². The Hall–Kier alpha value is 0. The summed E-state index contributed by atoms with van der Waals surface area (Å²) in [6.45, 7) is 2.32. The molecule has 0 unspecified atom stereocenters. The Labute approximate surface area is 44.9 Å². The van der Waals surface area contributed by atoms with Crippen LogP contribution in [0.1, 0.15) is 32.6 Å². The molecule has 3 saturated carbocycles. The molecule has 0 aromatic heterocycles. The van der Waals surface area contributed by atoms with Crippen LogP contribution in [0, 0.1) is 11.3 Å². The maximum absolute atomic E-state index is 2.32. The molecular weight excluding hydrogens is 84.1 g/mol. The first-order valence-corrected chi connectivity index (χ1v) is 3.18. The predicted molar refractivity (Wildman–Crippen MR) is 29.8 cm³/mol. The second-order valence-corrected chi connectivity index (χ2v) is 3.13. The van der Waals surface area contributed by atoms with Crippen molar-refractivity contribution in [3.8, 4) is 0 Å². The van der Waals surface area contributed by atoms with Gasteiger partial charge in [-0.2, -0.15) is 0 Å². The quantitative estimate of drug-likeness (QED) is 0.468. The van der Waals surface area contributed by atoms with Crippen molar-refractivity contribution in [2.24, 2.45) is 5.41 Å². The molecule has 2 bridgehead atoms. The zero-order chi connectivity index (χ0) is 4.91. The number of rotatable bonds is 1. The highest BCUT2D eigenvalue weighted by atomic mass is 14.6. The van der Waals surface area contributed by atoms with E-state index >= 15 is 0 Å². The lowest BCUT2D eigenvalue weighted by molar-refractivity contribution is 0.0215. The van der Waals surface area contributed by atoms with Crippen LogP contribution in [0.4, 0.5) is 0 Å². The van der Waals surface area contributed by atoms with Crippen molar-refractivity contribution in [2.75, 3.05) is 0 Å². The summed E-state index contributed by atoms with van der Waals surface area (Å²) in [6.07, 6.45) is 5.90. The van der Waals surface area contributed by atoms with Crippen LogP contribution in [0.3, 0.4) is 0 Å². The molecule has 0 nitrogen and oxygen atoms in total. The van der Waals surface area contributed by atoms with Gasteiger partial charge in [0.25, 0.3) is 0 Å². The van der Waals surface area contributed by atoms with Crippen LogP contribution in [0.25, 0.3) is 0 Å². The van der Waals surface area contributed by atoms with Crippen LogP contribution in [0.5, 0.6) is 0 Å². The molecule has 0 heterocycles. The summed E-state index contributed by atoms with van der Waals surface area (Å²) in [4.78, 5) is 0. The summed E-state index contributed by atoms with van der Waals surface area (Å²) in [5.41, 5.74) is 0.870. The Kier molecular flexibility index (Phi) is 0.499. The Morgan fingerprint density at radius 3 is 2.00 bits per heavy atom. The first-order valence-electron chi connectivity index (χ1n) is 3.18. The molecule has 39 valence electrons. The van der Waals surface area contributed by atoms with Gasteiger partial charge in [-0.05, 0) is 30.6 Å². The summed E-state index contributed by atoms with van der Waals surface area (Å²) in [7, 11) is 0. The molecule has 0 aliphatic heterocycles. The third kappa shape index (κ3) is 0.296. The lowest BCUT2D eigenvalue weighted by Gasteiger charge is -2.61. The minimum absolute atomic E-state index is 0.870. The van der Waals surface area contributed by atoms with Crippen molar-refractivity contribution in [2.45, 2.75) is 32.6 Å². The molecule has 7 heavy (non-hydrogen) atoms. The SMILES string of the molecule is CCC12C[C](C1)C2. The van der Waals surface area contributed by atoms with Gasteiger partial charge in [0.15, 0.2) is 0 Å². The summed E-state index contributed by atoms with van der Waals surface area (Å²) >= 11 is 0. The molecular formula is C7H11. The molecule has 3 fully saturated rings. The van der Waals surface area contributed by atoms with Crippen molar-refractivity contribution in [1.29, 1.82) is 0 Å². The van der Waals surface area contributed by atoms with Gasteiger partial charge in [-0.1, -0.05) is 13.3 Å². The average molecular weight is 95.2 g/mol. The lowest BCUT2D eigenvalue weighted by atomic mass is 9.43. The first kappa shape index (κ1) is 3.94. The molecule has 3 rings (SSSR count). The maximum Gasteiger partial charge on any atom is -0.0224 e. The molecule has 3 aliphatic carbocycles. The molecule has 3 aliphatic rings. The largest absolute Gasteiger partial charge is 0.0649 e. The first-order chi connectivity index (χ1) is 3.35. The van der Waals surface area contributed by atoms with Gasteiger partial charge in [-0.15, -0.1) is 0 Å². The fourth-order valence-corrected chi connectivity index (χ4v) is 1.81. The van der Waals surface area contributed by atoms with Gasteiger partial charge in [-0.25, -0.2) is 0 Å². The molecule has 0 atom stereocenters. The van der Waals surface area contributed by atoms with E-state index in [1.165, 1.54) is 25.7 Å².